The van der Waals surface area contributed by atoms with Gasteiger partial charge in [-0.3, -0.25) is 0 Å². The smallest absolute Gasteiger partial charge is 0.0558 e. The van der Waals surface area contributed by atoms with E-state index in [1.807, 2.05) is 0 Å². The topological polar surface area (TPSA) is 23.5 Å². The third-order valence-electron chi connectivity index (χ3n) is 2.46. The van der Waals surface area contributed by atoms with Gasteiger partial charge in [0.05, 0.1) is 6.61 Å². The van der Waals surface area contributed by atoms with Crippen LogP contribution in [-0.4, -0.2) is 36.2 Å². The normalized spacial score (nSPS) is 12.0. The molecule has 0 bridgehead atoms. The summed E-state index contributed by atoms with van der Waals surface area (Å²) in [5.41, 5.74) is 0. The van der Waals surface area contributed by atoms with Gasteiger partial charge in [0.1, 0.15) is 0 Å². The van der Waals surface area contributed by atoms with Gasteiger partial charge >= 0.3 is 0 Å². The van der Waals surface area contributed by atoms with Crippen molar-refractivity contribution < 1.29 is 5.11 Å². The SMILES string of the molecule is CC(C)CCN(CCO)CCC(C)C. The lowest BCUT2D eigenvalue weighted by Crippen LogP contribution is -2.30. The second-order valence-corrected chi connectivity index (χ2v) is 4.93. The minimum absolute atomic E-state index is 0.288. The maximum absolute atomic E-state index is 8.93. The third kappa shape index (κ3) is 8.52. The summed E-state index contributed by atoms with van der Waals surface area (Å²) < 4.78 is 0. The zero-order valence-electron chi connectivity index (χ0n) is 10.3. The van der Waals surface area contributed by atoms with Crippen molar-refractivity contribution in [2.75, 3.05) is 26.2 Å². The second-order valence-electron chi connectivity index (χ2n) is 4.93. The fourth-order valence-electron chi connectivity index (χ4n) is 1.36. The van der Waals surface area contributed by atoms with Crippen molar-refractivity contribution in [1.29, 1.82) is 0 Å². The summed E-state index contributed by atoms with van der Waals surface area (Å²) in [6, 6.07) is 0. The van der Waals surface area contributed by atoms with Crippen molar-refractivity contribution in [2.45, 2.75) is 40.5 Å². The van der Waals surface area contributed by atoms with E-state index in [2.05, 4.69) is 32.6 Å². The molecule has 86 valence electrons. The van der Waals surface area contributed by atoms with E-state index in [1.54, 1.807) is 0 Å². The van der Waals surface area contributed by atoms with Gasteiger partial charge in [-0.05, 0) is 37.8 Å². The first-order chi connectivity index (χ1) is 6.56. The highest BCUT2D eigenvalue weighted by Crippen LogP contribution is 2.05. The Labute approximate surface area is 89.3 Å². The van der Waals surface area contributed by atoms with Crippen LogP contribution in [0.5, 0.6) is 0 Å². The number of hydrogen-bond donors (Lipinski definition) is 1. The molecule has 0 saturated carbocycles. The molecule has 1 N–H and O–H groups in total. The molecule has 0 unspecified atom stereocenters. The van der Waals surface area contributed by atoms with E-state index in [4.69, 9.17) is 5.11 Å². The van der Waals surface area contributed by atoms with Gasteiger partial charge in [-0.1, -0.05) is 27.7 Å². The maximum Gasteiger partial charge on any atom is 0.0558 e. The van der Waals surface area contributed by atoms with Crippen molar-refractivity contribution in [3.8, 4) is 0 Å². The van der Waals surface area contributed by atoms with Crippen LogP contribution in [0.3, 0.4) is 0 Å². The summed E-state index contributed by atoms with van der Waals surface area (Å²) in [6.07, 6.45) is 2.47. The Bertz CT molecular complexity index is 111. The second kappa shape index (κ2) is 8.25. The van der Waals surface area contributed by atoms with Crippen LogP contribution in [0.2, 0.25) is 0 Å². The molecular formula is C12H27NO. The molecule has 2 nitrogen and oxygen atoms in total. The van der Waals surface area contributed by atoms with Crippen LogP contribution in [0, 0.1) is 11.8 Å². The lowest BCUT2D eigenvalue weighted by molar-refractivity contribution is 0.182. The molecule has 0 aromatic heterocycles. The fourth-order valence-corrected chi connectivity index (χ4v) is 1.36. The molecule has 0 aliphatic carbocycles. The molecule has 14 heavy (non-hydrogen) atoms. The van der Waals surface area contributed by atoms with Crippen molar-refractivity contribution in [2.24, 2.45) is 11.8 Å². The summed E-state index contributed by atoms with van der Waals surface area (Å²) in [6.45, 7) is 12.4. The van der Waals surface area contributed by atoms with E-state index in [-0.39, 0.29) is 6.61 Å². The van der Waals surface area contributed by atoms with Crippen LogP contribution in [0.4, 0.5) is 0 Å². The Morgan fingerprint density at radius 1 is 0.857 bits per heavy atom. The van der Waals surface area contributed by atoms with Gasteiger partial charge < -0.3 is 10.0 Å². The van der Waals surface area contributed by atoms with Crippen molar-refractivity contribution >= 4 is 0 Å². The van der Waals surface area contributed by atoms with E-state index in [0.29, 0.717) is 0 Å². The molecule has 2 heteroatoms. The standard InChI is InChI=1S/C12H27NO/c1-11(2)5-7-13(9-10-14)8-6-12(3)4/h11-12,14H,5-10H2,1-4H3. The van der Waals surface area contributed by atoms with Crippen LogP contribution >= 0.6 is 0 Å². The van der Waals surface area contributed by atoms with Gasteiger partial charge in [0, 0.05) is 6.54 Å². The van der Waals surface area contributed by atoms with E-state index in [0.717, 1.165) is 31.5 Å². The van der Waals surface area contributed by atoms with E-state index in [1.165, 1.54) is 12.8 Å². The van der Waals surface area contributed by atoms with Gasteiger partial charge in [0.2, 0.25) is 0 Å². The highest BCUT2D eigenvalue weighted by atomic mass is 16.3. The fraction of sp³-hybridized carbons (Fsp3) is 1.00. The Hall–Kier alpha value is -0.0800. The first-order valence-electron chi connectivity index (χ1n) is 5.89. The maximum atomic E-state index is 8.93. The predicted octanol–water partition coefficient (Wildman–Crippen LogP) is 2.37. The zero-order chi connectivity index (χ0) is 11.0. The Morgan fingerprint density at radius 3 is 1.57 bits per heavy atom. The lowest BCUT2D eigenvalue weighted by Gasteiger charge is -2.23. The van der Waals surface area contributed by atoms with Crippen LogP contribution in [0.25, 0.3) is 0 Å². The quantitative estimate of drug-likeness (QED) is 0.652. The minimum atomic E-state index is 0.288. The molecule has 0 aromatic rings. The molecule has 0 aliphatic heterocycles. The monoisotopic (exact) mass is 201 g/mol. The van der Waals surface area contributed by atoms with Crippen LogP contribution < -0.4 is 0 Å². The first kappa shape index (κ1) is 13.9. The van der Waals surface area contributed by atoms with Gasteiger partial charge in [-0.25, -0.2) is 0 Å². The molecule has 0 spiro atoms. The Morgan fingerprint density at radius 2 is 1.29 bits per heavy atom. The molecule has 0 saturated heterocycles. The Balaban J connectivity index is 3.65. The van der Waals surface area contributed by atoms with Gasteiger partial charge in [0.25, 0.3) is 0 Å². The molecule has 0 aromatic carbocycles. The van der Waals surface area contributed by atoms with Gasteiger partial charge in [-0.15, -0.1) is 0 Å². The molecule has 0 atom stereocenters. The summed E-state index contributed by atoms with van der Waals surface area (Å²) >= 11 is 0. The largest absolute Gasteiger partial charge is 0.395 e. The lowest BCUT2D eigenvalue weighted by atomic mass is 10.1. The summed E-state index contributed by atoms with van der Waals surface area (Å²) in [7, 11) is 0. The summed E-state index contributed by atoms with van der Waals surface area (Å²) in [4.78, 5) is 2.38. The van der Waals surface area contributed by atoms with E-state index in [9.17, 15) is 0 Å². The van der Waals surface area contributed by atoms with Gasteiger partial charge in [-0.2, -0.15) is 0 Å². The zero-order valence-corrected chi connectivity index (χ0v) is 10.3. The predicted molar refractivity (Wildman–Crippen MR) is 62.4 cm³/mol. The number of hydrogen-bond acceptors (Lipinski definition) is 2. The molecule has 0 radical (unpaired) electrons. The number of aliphatic hydroxyl groups excluding tert-OH is 1. The van der Waals surface area contributed by atoms with E-state index < -0.39 is 0 Å². The van der Waals surface area contributed by atoms with E-state index >= 15 is 0 Å². The highest BCUT2D eigenvalue weighted by molar-refractivity contribution is 4.60. The van der Waals surface area contributed by atoms with Crippen molar-refractivity contribution in [1.82, 2.24) is 4.90 Å². The van der Waals surface area contributed by atoms with Crippen molar-refractivity contribution in [3.63, 3.8) is 0 Å². The van der Waals surface area contributed by atoms with Crippen LogP contribution in [0.15, 0.2) is 0 Å². The van der Waals surface area contributed by atoms with Crippen LogP contribution in [0.1, 0.15) is 40.5 Å². The summed E-state index contributed by atoms with van der Waals surface area (Å²) in [5, 5.41) is 8.93. The number of aliphatic hydroxyl groups is 1. The number of nitrogens with zero attached hydrogens (tertiary/aromatic N) is 1. The molecule has 0 aliphatic rings. The van der Waals surface area contributed by atoms with Crippen molar-refractivity contribution in [3.05, 3.63) is 0 Å². The average molecular weight is 201 g/mol. The minimum Gasteiger partial charge on any atom is -0.395 e. The highest BCUT2D eigenvalue weighted by Gasteiger charge is 2.06. The third-order valence-corrected chi connectivity index (χ3v) is 2.46. The molecule has 0 fully saturated rings. The Kier molecular flexibility index (Phi) is 8.20. The first-order valence-corrected chi connectivity index (χ1v) is 5.89. The molecule has 0 amide bonds. The summed E-state index contributed by atoms with van der Waals surface area (Å²) in [5.74, 6) is 1.52. The average Bonchev–Trinajstić information content (AvgIpc) is 2.09. The molecular weight excluding hydrogens is 174 g/mol. The number of rotatable bonds is 8. The van der Waals surface area contributed by atoms with Crippen LogP contribution in [-0.2, 0) is 0 Å². The molecule has 0 rings (SSSR count). The van der Waals surface area contributed by atoms with Gasteiger partial charge in [0.15, 0.2) is 0 Å². The molecule has 0 heterocycles.